The average Bonchev–Trinajstić information content (AvgIpc) is 2.54. The van der Waals surface area contributed by atoms with E-state index in [0.29, 0.717) is 5.89 Å². The number of aromatic nitrogens is 2. The van der Waals surface area contributed by atoms with Crippen LogP contribution in [-0.4, -0.2) is 16.7 Å². The lowest BCUT2D eigenvalue weighted by molar-refractivity contribution is 0.396. The molecule has 1 aromatic rings. The zero-order chi connectivity index (χ0) is 9.68. The van der Waals surface area contributed by atoms with Crippen LogP contribution in [0.1, 0.15) is 45.0 Å². The Morgan fingerprint density at radius 2 is 2.15 bits per heavy atom. The first-order valence-corrected chi connectivity index (χ1v) is 4.83. The molecule has 1 rings (SSSR count). The predicted octanol–water partition coefficient (Wildman–Crippen LogP) is 1.69. The Morgan fingerprint density at radius 1 is 1.38 bits per heavy atom. The molecule has 0 aliphatic carbocycles. The van der Waals surface area contributed by atoms with E-state index in [1.807, 2.05) is 6.92 Å². The van der Waals surface area contributed by atoms with Crippen LogP contribution in [0.2, 0.25) is 0 Å². The van der Waals surface area contributed by atoms with Gasteiger partial charge in [-0.05, 0) is 19.9 Å². The quantitative estimate of drug-likeness (QED) is 0.754. The van der Waals surface area contributed by atoms with Gasteiger partial charge in [0.2, 0.25) is 11.8 Å². The van der Waals surface area contributed by atoms with E-state index in [1.165, 1.54) is 0 Å². The molecule has 4 heteroatoms. The molecule has 0 radical (unpaired) electrons. The smallest absolute Gasteiger partial charge is 0.233 e. The number of hydrogen-bond donors (Lipinski definition) is 1. The Hall–Kier alpha value is -0.900. The summed E-state index contributed by atoms with van der Waals surface area (Å²) in [6.45, 7) is 7.08. The Bertz CT molecular complexity index is 247. The summed E-state index contributed by atoms with van der Waals surface area (Å²) in [5.41, 5.74) is 0. The van der Waals surface area contributed by atoms with Gasteiger partial charge in [-0.1, -0.05) is 13.8 Å². The van der Waals surface area contributed by atoms with Crippen LogP contribution in [0.4, 0.5) is 0 Å². The first-order chi connectivity index (χ1) is 6.27. The monoisotopic (exact) mass is 183 g/mol. The van der Waals surface area contributed by atoms with E-state index in [9.17, 15) is 0 Å². The van der Waals surface area contributed by atoms with Crippen molar-refractivity contribution in [3.63, 3.8) is 0 Å². The van der Waals surface area contributed by atoms with Crippen molar-refractivity contribution in [2.75, 3.05) is 6.54 Å². The minimum Gasteiger partial charge on any atom is -0.424 e. The molecule has 74 valence electrons. The highest BCUT2D eigenvalue weighted by Gasteiger charge is 2.11. The number of rotatable bonds is 5. The van der Waals surface area contributed by atoms with Crippen molar-refractivity contribution in [1.82, 2.24) is 15.5 Å². The first kappa shape index (κ1) is 10.2. The second-order valence-electron chi connectivity index (χ2n) is 3.06. The summed E-state index contributed by atoms with van der Waals surface area (Å²) < 4.78 is 5.45. The molecule has 1 atom stereocenters. The number of hydrogen-bond acceptors (Lipinski definition) is 4. The normalized spacial score (nSPS) is 13.2. The van der Waals surface area contributed by atoms with Crippen LogP contribution in [0, 0.1) is 0 Å². The fourth-order valence-corrected chi connectivity index (χ4v) is 1.15. The molecule has 1 unspecified atom stereocenters. The standard InChI is InChI=1S/C9H17N3O/c1-4-6-8-11-12-9(13-8)7(3)10-5-2/h7,10H,4-6H2,1-3H3. The van der Waals surface area contributed by atoms with Gasteiger partial charge in [-0.2, -0.15) is 0 Å². The minimum atomic E-state index is 0.156. The van der Waals surface area contributed by atoms with Crippen molar-refractivity contribution in [1.29, 1.82) is 0 Å². The predicted molar refractivity (Wildman–Crippen MR) is 50.4 cm³/mol. The van der Waals surface area contributed by atoms with Crippen molar-refractivity contribution in [3.8, 4) is 0 Å². The van der Waals surface area contributed by atoms with E-state index < -0.39 is 0 Å². The van der Waals surface area contributed by atoms with Crippen LogP contribution in [0.5, 0.6) is 0 Å². The fraction of sp³-hybridized carbons (Fsp3) is 0.778. The van der Waals surface area contributed by atoms with Gasteiger partial charge in [0, 0.05) is 6.42 Å². The molecule has 4 nitrogen and oxygen atoms in total. The first-order valence-electron chi connectivity index (χ1n) is 4.83. The number of nitrogens with one attached hydrogen (secondary N) is 1. The largest absolute Gasteiger partial charge is 0.424 e. The molecule has 13 heavy (non-hydrogen) atoms. The Labute approximate surface area is 78.7 Å². The third-order valence-corrected chi connectivity index (χ3v) is 1.83. The van der Waals surface area contributed by atoms with E-state index in [1.54, 1.807) is 0 Å². The van der Waals surface area contributed by atoms with E-state index in [2.05, 4.69) is 29.4 Å². The summed E-state index contributed by atoms with van der Waals surface area (Å²) in [6.07, 6.45) is 1.91. The lowest BCUT2D eigenvalue weighted by Crippen LogP contribution is -2.17. The highest BCUT2D eigenvalue weighted by atomic mass is 16.4. The molecule has 0 aliphatic rings. The maximum atomic E-state index is 5.45. The molecular formula is C9H17N3O. The van der Waals surface area contributed by atoms with E-state index in [-0.39, 0.29) is 6.04 Å². The second kappa shape index (κ2) is 4.97. The molecule has 0 aromatic carbocycles. The molecule has 1 aromatic heterocycles. The SMILES string of the molecule is CCCc1nnc(C(C)NCC)o1. The van der Waals surface area contributed by atoms with Gasteiger partial charge in [-0.25, -0.2) is 0 Å². The van der Waals surface area contributed by atoms with Crippen LogP contribution in [0.3, 0.4) is 0 Å². The lowest BCUT2D eigenvalue weighted by Gasteiger charge is -2.05. The molecule has 0 amide bonds. The highest BCUT2D eigenvalue weighted by Crippen LogP contribution is 2.10. The maximum Gasteiger partial charge on any atom is 0.233 e. The molecular weight excluding hydrogens is 166 g/mol. The van der Waals surface area contributed by atoms with Crippen molar-refractivity contribution in [3.05, 3.63) is 11.8 Å². The van der Waals surface area contributed by atoms with Gasteiger partial charge >= 0.3 is 0 Å². The van der Waals surface area contributed by atoms with Gasteiger partial charge < -0.3 is 9.73 Å². The second-order valence-corrected chi connectivity index (χ2v) is 3.06. The van der Waals surface area contributed by atoms with E-state index in [0.717, 1.165) is 25.3 Å². The molecule has 1 heterocycles. The van der Waals surface area contributed by atoms with Gasteiger partial charge in [-0.15, -0.1) is 10.2 Å². The summed E-state index contributed by atoms with van der Waals surface area (Å²) in [7, 11) is 0. The third kappa shape index (κ3) is 2.81. The van der Waals surface area contributed by atoms with Gasteiger partial charge in [0.25, 0.3) is 0 Å². The zero-order valence-corrected chi connectivity index (χ0v) is 8.50. The summed E-state index contributed by atoms with van der Waals surface area (Å²) >= 11 is 0. The molecule has 0 aliphatic heterocycles. The molecule has 1 N–H and O–H groups in total. The summed E-state index contributed by atoms with van der Waals surface area (Å²) in [5, 5.41) is 11.1. The van der Waals surface area contributed by atoms with Crippen LogP contribution >= 0.6 is 0 Å². The van der Waals surface area contributed by atoms with Crippen molar-refractivity contribution < 1.29 is 4.42 Å². The van der Waals surface area contributed by atoms with Crippen LogP contribution in [0.15, 0.2) is 4.42 Å². The van der Waals surface area contributed by atoms with Crippen molar-refractivity contribution in [2.45, 2.75) is 39.7 Å². The molecule has 0 spiro atoms. The molecule has 0 saturated carbocycles. The van der Waals surface area contributed by atoms with Gasteiger partial charge in [-0.3, -0.25) is 0 Å². The summed E-state index contributed by atoms with van der Waals surface area (Å²) in [6, 6.07) is 0.156. The molecule has 0 saturated heterocycles. The Kier molecular flexibility index (Phi) is 3.89. The van der Waals surface area contributed by atoms with Crippen LogP contribution in [-0.2, 0) is 6.42 Å². The van der Waals surface area contributed by atoms with Crippen molar-refractivity contribution >= 4 is 0 Å². The molecule has 0 bridgehead atoms. The number of aryl methyl sites for hydroxylation is 1. The maximum absolute atomic E-state index is 5.45. The minimum absolute atomic E-state index is 0.156. The summed E-state index contributed by atoms with van der Waals surface area (Å²) in [5.74, 6) is 1.42. The number of nitrogens with zero attached hydrogens (tertiary/aromatic N) is 2. The van der Waals surface area contributed by atoms with Gasteiger partial charge in [0.15, 0.2) is 0 Å². The fourth-order valence-electron chi connectivity index (χ4n) is 1.15. The summed E-state index contributed by atoms with van der Waals surface area (Å²) in [4.78, 5) is 0. The average molecular weight is 183 g/mol. The lowest BCUT2D eigenvalue weighted by atomic mass is 10.3. The third-order valence-electron chi connectivity index (χ3n) is 1.83. The van der Waals surface area contributed by atoms with Crippen LogP contribution < -0.4 is 5.32 Å². The van der Waals surface area contributed by atoms with Gasteiger partial charge in [0.1, 0.15) is 0 Å². The van der Waals surface area contributed by atoms with Gasteiger partial charge in [0.05, 0.1) is 6.04 Å². The Morgan fingerprint density at radius 3 is 2.77 bits per heavy atom. The van der Waals surface area contributed by atoms with Crippen LogP contribution in [0.25, 0.3) is 0 Å². The molecule has 0 fully saturated rings. The highest BCUT2D eigenvalue weighted by molar-refractivity contribution is 4.87. The van der Waals surface area contributed by atoms with E-state index in [4.69, 9.17) is 4.42 Å². The Balaban J connectivity index is 2.56. The van der Waals surface area contributed by atoms with Crippen molar-refractivity contribution in [2.24, 2.45) is 0 Å². The zero-order valence-electron chi connectivity index (χ0n) is 8.50. The van der Waals surface area contributed by atoms with E-state index >= 15 is 0 Å². The topological polar surface area (TPSA) is 51.0 Å².